The SMILES string of the molecule is C[N-][Si](C)(C)C1C2CCCCC2C2C3CCCCC3SC21.[CH3-].[Cl][Ti][Cl]. The third-order valence-electron chi connectivity index (χ3n) is 7.54. The first-order valence-electron chi connectivity index (χ1n) is 9.78. The molecular formula is C19H35Cl2NSSiTi-2. The second kappa shape index (κ2) is 10.0. The van der Waals surface area contributed by atoms with Crippen molar-refractivity contribution in [3.05, 3.63) is 12.4 Å². The monoisotopic (exact) mass is 455 g/mol. The average molecular weight is 456 g/mol. The summed E-state index contributed by atoms with van der Waals surface area (Å²) in [7, 11) is 10.5. The van der Waals surface area contributed by atoms with Gasteiger partial charge in [-0.25, -0.2) is 0 Å². The van der Waals surface area contributed by atoms with Gasteiger partial charge < -0.3 is 12.4 Å². The summed E-state index contributed by atoms with van der Waals surface area (Å²) in [6.45, 7) is 5.13. The first-order chi connectivity index (χ1) is 11.5. The molecule has 0 bridgehead atoms. The minimum absolute atomic E-state index is 0. The summed E-state index contributed by atoms with van der Waals surface area (Å²) in [5, 5.41) is 2.03. The Morgan fingerprint density at radius 3 is 2.04 bits per heavy atom. The van der Waals surface area contributed by atoms with E-state index in [2.05, 4.69) is 31.9 Å². The topological polar surface area (TPSA) is 14.1 Å². The summed E-state index contributed by atoms with van der Waals surface area (Å²) in [6, 6.07) is 0. The molecule has 1 nitrogen and oxygen atoms in total. The van der Waals surface area contributed by atoms with E-state index >= 15 is 0 Å². The summed E-state index contributed by atoms with van der Waals surface area (Å²) >= 11 is 1.90. The molecule has 4 aliphatic rings. The standard InChI is InChI=1S/C18H32NSSi.CH3.2ClH.Ti/c1-19-21(2,3)18-13-9-5-4-8-12(13)16-14-10-6-7-11-15(14)20-17(16)18;;;;/h12-18H,4-11H2,1-3H3;1H3;2*1H;/q2*-1;;;+2/p-2. The van der Waals surface area contributed by atoms with Crippen LogP contribution in [-0.2, 0) is 17.0 Å². The van der Waals surface area contributed by atoms with Crippen molar-refractivity contribution in [3.63, 3.8) is 0 Å². The van der Waals surface area contributed by atoms with Crippen LogP contribution in [0.5, 0.6) is 0 Å². The van der Waals surface area contributed by atoms with Crippen LogP contribution in [0.25, 0.3) is 4.98 Å². The molecule has 6 heteroatoms. The fourth-order valence-corrected chi connectivity index (χ4v) is 12.8. The number of halogens is 2. The van der Waals surface area contributed by atoms with E-state index in [1.165, 1.54) is 38.5 Å². The molecule has 7 unspecified atom stereocenters. The van der Waals surface area contributed by atoms with Crippen LogP contribution in [0.1, 0.15) is 51.4 Å². The molecule has 4 fully saturated rings. The van der Waals surface area contributed by atoms with Crippen LogP contribution >= 0.6 is 30.4 Å². The van der Waals surface area contributed by atoms with Gasteiger partial charge in [-0.1, -0.05) is 53.4 Å². The van der Waals surface area contributed by atoms with Gasteiger partial charge in [-0.3, -0.25) is 0 Å². The summed E-state index contributed by atoms with van der Waals surface area (Å²) < 4.78 is 0. The quantitative estimate of drug-likeness (QED) is 0.310. The van der Waals surface area contributed by atoms with Crippen LogP contribution < -0.4 is 0 Å². The fourth-order valence-electron chi connectivity index (χ4n) is 6.59. The fraction of sp³-hybridized carbons (Fsp3) is 0.947. The summed E-state index contributed by atoms with van der Waals surface area (Å²) in [5.41, 5.74) is 0.994. The summed E-state index contributed by atoms with van der Waals surface area (Å²) in [6.07, 6.45) is 12.2. The third kappa shape index (κ3) is 4.54. The molecule has 3 saturated carbocycles. The van der Waals surface area contributed by atoms with Crippen molar-refractivity contribution in [2.45, 2.75) is 80.5 Å². The van der Waals surface area contributed by atoms with Gasteiger partial charge in [0.05, 0.1) is 0 Å². The van der Waals surface area contributed by atoms with Gasteiger partial charge in [0.1, 0.15) is 0 Å². The van der Waals surface area contributed by atoms with Crippen LogP contribution in [0.15, 0.2) is 0 Å². The Hall–Kier alpha value is 1.82. The number of nitrogens with zero attached hydrogens (tertiary/aromatic N) is 1. The summed E-state index contributed by atoms with van der Waals surface area (Å²) in [5.74, 6) is 4.31. The van der Waals surface area contributed by atoms with E-state index in [1.54, 1.807) is 12.8 Å². The van der Waals surface area contributed by atoms with Crippen molar-refractivity contribution >= 4 is 38.6 Å². The van der Waals surface area contributed by atoms with Crippen molar-refractivity contribution in [1.82, 2.24) is 0 Å². The number of fused-ring (bicyclic) bond motifs is 5. The third-order valence-corrected chi connectivity index (χ3v) is 13.2. The molecule has 0 amide bonds. The first kappa shape index (κ1) is 23.1. The van der Waals surface area contributed by atoms with E-state index in [-0.39, 0.29) is 7.43 Å². The van der Waals surface area contributed by atoms with Crippen LogP contribution in [0.3, 0.4) is 0 Å². The zero-order chi connectivity index (χ0) is 17.3. The maximum absolute atomic E-state index is 5.00. The van der Waals surface area contributed by atoms with Gasteiger partial charge in [0.25, 0.3) is 0 Å². The number of hydrogen-bond acceptors (Lipinski definition) is 1. The Kier molecular flexibility index (Phi) is 9.27. The van der Waals surface area contributed by atoms with Gasteiger partial charge in [-0.05, 0) is 48.5 Å². The first-order valence-corrected chi connectivity index (χ1v) is 18.0. The van der Waals surface area contributed by atoms with Crippen molar-refractivity contribution in [2.75, 3.05) is 7.05 Å². The van der Waals surface area contributed by atoms with Gasteiger partial charge in [0.2, 0.25) is 0 Å². The Balaban J connectivity index is 0.000000528. The van der Waals surface area contributed by atoms with Crippen molar-refractivity contribution in [1.29, 1.82) is 0 Å². The van der Waals surface area contributed by atoms with E-state index in [0.29, 0.717) is 0 Å². The van der Waals surface area contributed by atoms with E-state index in [0.717, 1.165) is 39.7 Å². The van der Waals surface area contributed by atoms with Gasteiger partial charge in [-0.2, -0.15) is 18.8 Å². The van der Waals surface area contributed by atoms with E-state index < -0.39 is 25.3 Å². The van der Waals surface area contributed by atoms with Gasteiger partial charge >= 0.3 is 35.6 Å². The van der Waals surface area contributed by atoms with Crippen LogP contribution in [0.4, 0.5) is 0 Å². The van der Waals surface area contributed by atoms with E-state index in [4.69, 9.17) is 23.6 Å². The van der Waals surface area contributed by atoms with Gasteiger partial charge in [0, 0.05) is 10.5 Å². The average Bonchev–Trinajstić information content (AvgIpc) is 3.09. The minimum atomic E-state index is -1.40. The van der Waals surface area contributed by atoms with Crippen LogP contribution in [0.2, 0.25) is 18.6 Å². The molecule has 4 rings (SSSR count). The van der Waals surface area contributed by atoms with Gasteiger partial charge in [-0.15, -0.1) is 0 Å². The molecule has 1 saturated heterocycles. The second-order valence-corrected chi connectivity index (χ2v) is 17.2. The van der Waals surface area contributed by atoms with Crippen molar-refractivity contribution in [3.8, 4) is 0 Å². The molecule has 0 radical (unpaired) electrons. The zero-order valence-corrected chi connectivity index (χ0v) is 21.2. The molecule has 25 heavy (non-hydrogen) atoms. The second-order valence-electron chi connectivity index (χ2n) is 8.75. The van der Waals surface area contributed by atoms with Crippen molar-refractivity contribution < 1.29 is 17.0 Å². The normalized spacial score (nSPS) is 42.2. The Bertz CT molecular complexity index is 428. The van der Waals surface area contributed by atoms with Crippen LogP contribution in [-0.4, -0.2) is 25.8 Å². The van der Waals surface area contributed by atoms with Gasteiger partial charge in [0.15, 0.2) is 0 Å². The molecule has 7 atom stereocenters. The van der Waals surface area contributed by atoms with E-state index in [1.807, 2.05) is 0 Å². The molecule has 1 heterocycles. The molecule has 0 aromatic heterocycles. The zero-order valence-electron chi connectivity index (χ0n) is 16.3. The maximum atomic E-state index is 5.00. The molecular weight excluding hydrogens is 421 g/mol. The Labute approximate surface area is 178 Å². The predicted molar refractivity (Wildman–Crippen MR) is 115 cm³/mol. The molecule has 1 aliphatic heterocycles. The van der Waals surface area contributed by atoms with Crippen molar-refractivity contribution in [2.24, 2.45) is 23.7 Å². The molecule has 0 aromatic carbocycles. The molecule has 0 spiro atoms. The number of hydrogen-bond donors (Lipinski definition) is 0. The molecule has 3 aliphatic carbocycles. The number of rotatable bonds is 2. The van der Waals surface area contributed by atoms with E-state index in [9.17, 15) is 0 Å². The molecule has 0 N–H and O–H groups in total. The Morgan fingerprint density at radius 1 is 0.920 bits per heavy atom. The molecule has 146 valence electrons. The Morgan fingerprint density at radius 2 is 1.44 bits per heavy atom. The molecule has 0 aromatic rings. The number of thioether (sulfide) groups is 1. The van der Waals surface area contributed by atoms with Crippen LogP contribution in [0, 0.1) is 31.1 Å². The summed E-state index contributed by atoms with van der Waals surface area (Å²) in [4.78, 5) is 5.00. The predicted octanol–water partition coefficient (Wildman–Crippen LogP) is 7.50.